The monoisotopic (exact) mass is 231 g/mol. The van der Waals surface area contributed by atoms with Crippen LogP contribution in [-0.4, -0.2) is 6.04 Å². The summed E-state index contributed by atoms with van der Waals surface area (Å²) in [5.41, 5.74) is 7.84. The van der Waals surface area contributed by atoms with Crippen molar-refractivity contribution in [3.05, 3.63) is 35.9 Å². The molecule has 1 aliphatic carbocycles. The minimum Gasteiger partial charge on any atom is -0.327 e. The largest absolute Gasteiger partial charge is 0.327 e. The Morgan fingerprint density at radius 2 is 1.82 bits per heavy atom. The van der Waals surface area contributed by atoms with Crippen molar-refractivity contribution >= 4 is 0 Å². The van der Waals surface area contributed by atoms with E-state index in [1.165, 1.54) is 31.2 Å². The lowest BCUT2D eigenvalue weighted by Crippen LogP contribution is -2.26. The minimum atomic E-state index is 0.408. The molecule has 2 N–H and O–H groups in total. The Morgan fingerprint density at radius 1 is 1.18 bits per heavy atom. The molecule has 0 amide bonds. The van der Waals surface area contributed by atoms with Crippen molar-refractivity contribution in [3.8, 4) is 0 Å². The van der Waals surface area contributed by atoms with Gasteiger partial charge in [-0.2, -0.15) is 0 Å². The molecule has 0 aliphatic heterocycles. The molecule has 0 aromatic heterocycles. The highest BCUT2D eigenvalue weighted by molar-refractivity contribution is 5.26. The molecule has 0 bridgehead atoms. The smallest absolute Gasteiger partial charge is 0.00758 e. The highest BCUT2D eigenvalue weighted by Crippen LogP contribution is 2.50. The lowest BCUT2D eigenvalue weighted by Gasteiger charge is -2.18. The molecular formula is C16H25N. The third-order valence-corrected chi connectivity index (χ3v) is 4.38. The second kappa shape index (κ2) is 5.68. The van der Waals surface area contributed by atoms with Crippen LogP contribution >= 0.6 is 0 Å². The van der Waals surface area contributed by atoms with Crippen molar-refractivity contribution < 1.29 is 0 Å². The number of hydrogen-bond acceptors (Lipinski definition) is 1. The van der Waals surface area contributed by atoms with Gasteiger partial charge in [-0.1, -0.05) is 57.0 Å². The predicted octanol–water partition coefficient (Wildman–Crippen LogP) is 3.94. The van der Waals surface area contributed by atoms with E-state index in [4.69, 9.17) is 5.73 Å². The first-order chi connectivity index (χ1) is 8.26. The molecule has 1 fully saturated rings. The van der Waals surface area contributed by atoms with Gasteiger partial charge in [0.2, 0.25) is 0 Å². The molecule has 0 spiro atoms. The van der Waals surface area contributed by atoms with Gasteiger partial charge in [0.05, 0.1) is 0 Å². The van der Waals surface area contributed by atoms with Crippen LogP contribution < -0.4 is 5.73 Å². The lowest BCUT2D eigenvalue weighted by atomic mass is 9.92. The Bertz CT molecular complexity index is 329. The number of hydrogen-bond donors (Lipinski definition) is 1. The number of rotatable bonds is 6. The molecule has 1 aromatic carbocycles. The Hall–Kier alpha value is -0.820. The molecule has 0 heterocycles. The fourth-order valence-corrected chi connectivity index (χ4v) is 2.95. The van der Waals surface area contributed by atoms with Crippen LogP contribution in [0.4, 0.5) is 0 Å². The molecule has 1 saturated carbocycles. The zero-order valence-corrected chi connectivity index (χ0v) is 11.1. The Morgan fingerprint density at radius 3 is 2.41 bits per heavy atom. The van der Waals surface area contributed by atoms with Crippen molar-refractivity contribution in [3.63, 3.8) is 0 Å². The highest BCUT2D eigenvalue weighted by atomic mass is 14.7. The fourth-order valence-electron chi connectivity index (χ4n) is 2.95. The summed E-state index contributed by atoms with van der Waals surface area (Å²) in [6, 6.07) is 11.3. The van der Waals surface area contributed by atoms with E-state index in [2.05, 4.69) is 44.2 Å². The molecule has 3 atom stereocenters. The van der Waals surface area contributed by atoms with E-state index in [0.29, 0.717) is 6.04 Å². The summed E-state index contributed by atoms with van der Waals surface area (Å²) in [5.74, 6) is 2.29. The average molecular weight is 231 g/mol. The number of nitrogens with two attached hydrogens (primary N) is 1. The van der Waals surface area contributed by atoms with E-state index in [9.17, 15) is 0 Å². The number of benzene rings is 1. The maximum absolute atomic E-state index is 6.36. The first-order valence-electron chi connectivity index (χ1n) is 7.06. The molecule has 1 nitrogen and oxygen atoms in total. The quantitative estimate of drug-likeness (QED) is 0.788. The van der Waals surface area contributed by atoms with Crippen LogP contribution in [0.2, 0.25) is 0 Å². The van der Waals surface area contributed by atoms with Gasteiger partial charge < -0.3 is 5.73 Å². The van der Waals surface area contributed by atoms with Crippen LogP contribution in [0, 0.1) is 11.8 Å². The van der Waals surface area contributed by atoms with Crippen LogP contribution in [0.25, 0.3) is 0 Å². The van der Waals surface area contributed by atoms with E-state index in [1.54, 1.807) is 0 Å². The molecule has 1 aliphatic rings. The summed E-state index contributed by atoms with van der Waals surface area (Å²) in [5, 5.41) is 0. The van der Waals surface area contributed by atoms with Crippen molar-refractivity contribution in [2.75, 3.05) is 0 Å². The normalized spacial score (nSPS) is 24.9. The predicted molar refractivity (Wildman–Crippen MR) is 74.0 cm³/mol. The first-order valence-corrected chi connectivity index (χ1v) is 7.06. The third-order valence-electron chi connectivity index (χ3n) is 4.38. The Kier molecular flexibility index (Phi) is 4.22. The zero-order chi connectivity index (χ0) is 12.3. The van der Waals surface area contributed by atoms with E-state index < -0.39 is 0 Å². The molecule has 0 saturated heterocycles. The molecule has 17 heavy (non-hydrogen) atoms. The molecule has 3 unspecified atom stereocenters. The van der Waals surface area contributed by atoms with Crippen molar-refractivity contribution in [2.45, 2.75) is 51.5 Å². The van der Waals surface area contributed by atoms with Crippen LogP contribution in [0.15, 0.2) is 30.3 Å². The van der Waals surface area contributed by atoms with Gasteiger partial charge in [-0.05, 0) is 36.2 Å². The van der Waals surface area contributed by atoms with Crippen LogP contribution in [-0.2, 0) is 0 Å². The van der Waals surface area contributed by atoms with Gasteiger partial charge in [-0.25, -0.2) is 0 Å². The first kappa shape index (κ1) is 12.6. The summed E-state index contributed by atoms with van der Waals surface area (Å²) >= 11 is 0. The maximum atomic E-state index is 6.36. The second-order valence-corrected chi connectivity index (χ2v) is 5.50. The molecule has 0 radical (unpaired) electrons. The van der Waals surface area contributed by atoms with Gasteiger partial charge >= 0.3 is 0 Å². The molecule has 1 heteroatoms. The van der Waals surface area contributed by atoms with Gasteiger partial charge in [-0.3, -0.25) is 0 Å². The Balaban J connectivity index is 1.86. The maximum Gasteiger partial charge on any atom is 0.00758 e. The van der Waals surface area contributed by atoms with E-state index in [0.717, 1.165) is 17.8 Å². The second-order valence-electron chi connectivity index (χ2n) is 5.50. The van der Waals surface area contributed by atoms with E-state index in [1.807, 2.05) is 0 Å². The van der Waals surface area contributed by atoms with Crippen LogP contribution in [0.5, 0.6) is 0 Å². The van der Waals surface area contributed by atoms with Crippen molar-refractivity contribution in [1.82, 2.24) is 0 Å². The van der Waals surface area contributed by atoms with Crippen molar-refractivity contribution in [1.29, 1.82) is 0 Å². The zero-order valence-electron chi connectivity index (χ0n) is 11.1. The lowest BCUT2D eigenvalue weighted by molar-refractivity contribution is 0.385. The minimum absolute atomic E-state index is 0.408. The summed E-state index contributed by atoms with van der Waals surface area (Å²) in [6.07, 6.45) is 5.05. The van der Waals surface area contributed by atoms with Gasteiger partial charge in [0.15, 0.2) is 0 Å². The van der Waals surface area contributed by atoms with Gasteiger partial charge in [0, 0.05) is 6.04 Å². The summed E-state index contributed by atoms with van der Waals surface area (Å²) in [4.78, 5) is 0. The van der Waals surface area contributed by atoms with E-state index >= 15 is 0 Å². The fraction of sp³-hybridized carbons (Fsp3) is 0.625. The summed E-state index contributed by atoms with van der Waals surface area (Å²) < 4.78 is 0. The highest BCUT2D eigenvalue weighted by Gasteiger charge is 2.42. The molecule has 94 valence electrons. The molecular weight excluding hydrogens is 206 g/mol. The standard InChI is InChI=1S/C16H25N/c1-3-12(4-2)10-16(17)15-11-14(15)13-8-6-5-7-9-13/h5-9,12,14-16H,3-4,10-11,17H2,1-2H3. The van der Waals surface area contributed by atoms with Gasteiger partial charge in [0.1, 0.15) is 0 Å². The van der Waals surface area contributed by atoms with Crippen molar-refractivity contribution in [2.24, 2.45) is 17.6 Å². The van der Waals surface area contributed by atoms with Crippen LogP contribution in [0.3, 0.4) is 0 Å². The average Bonchev–Trinajstić information content (AvgIpc) is 3.17. The van der Waals surface area contributed by atoms with Crippen LogP contribution in [0.1, 0.15) is 51.0 Å². The molecule has 2 rings (SSSR count). The summed E-state index contributed by atoms with van der Waals surface area (Å²) in [7, 11) is 0. The molecule has 1 aromatic rings. The SMILES string of the molecule is CCC(CC)CC(N)C1CC1c1ccccc1. The topological polar surface area (TPSA) is 26.0 Å². The van der Waals surface area contributed by atoms with E-state index in [-0.39, 0.29) is 0 Å². The third kappa shape index (κ3) is 3.10. The van der Waals surface area contributed by atoms with Gasteiger partial charge in [-0.15, -0.1) is 0 Å². The summed E-state index contributed by atoms with van der Waals surface area (Å²) in [6.45, 7) is 4.56. The Labute approximate surface area is 105 Å². The van der Waals surface area contributed by atoms with Gasteiger partial charge in [0.25, 0.3) is 0 Å².